The summed E-state index contributed by atoms with van der Waals surface area (Å²) in [5, 5.41) is 0. The van der Waals surface area contributed by atoms with Crippen LogP contribution in [-0.4, -0.2) is 13.4 Å². The van der Waals surface area contributed by atoms with Crippen molar-refractivity contribution in [3.05, 3.63) is 58.1 Å². The van der Waals surface area contributed by atoms with Crippen molar-refractivity contribution >= 4 is 11.8 Å². The summed E-state index contributed by atoms with van der Waals surface area (Å²) in [7, 11) is 1.85. The summed E-state index contributed by atoms with van der Waals surface area (Å²) in [6, 6.07) is 11.4. The van der Waals surface area contributed by atoms with E-state index in [2.05, 4.69) is 78.1 Å². The number of hydrogen-bond acceptors (Lipinski definition) is 2. The van der Waals surface area contributed by atoms with E-state index in [1.807, 2.05) is 18.9 Å². The summed E-state index contributed by atoms with van der Waals surface area (Å²) in [5.74, 6) is 1.84. The van der Waals surface area contributed by atoms with Crippen molar-refractivity contribution < 1.29 is 4.74 Å². The number of hydrogen-bond donors (Lipinski definition) is 0. The predicted octanol–water partition coefficient (Wildman–Crippen LogP) is 7.42. The fourth-order valence-electron chi connectivity index (χ4n) is 4.76. The molecule has 0 saturated heterocycles. The van der Waals surface area contributed by atoms with E-state index in [1.54, 1.807) is 0 Å². The van der Waals surface area contributed by atoms with Crippen LogP contribution in [-0.2, 0) is 17.3 Å². The van der Waals surface area contributed by atoms with Gasteiger partial charge in [0.1, 0.15) is 5.75 Å². The second kappa shape index (κ2) is 7.78. The molecule has 1 saturated carbocycles. The molecule has 3 rings (SSSR count). The standard InChI is InChI=1S/C26H36OS/c1-17-10-9-11-21(28-8)22(17)26(5,6)16-19-14-15-20(18-12-13-18)23(24(19)27-7)25(2,3)4/h9-11,14-15,18H,12-13,16H2,1-8H3. The highest BCUT2D eigenvalue weighted by atomic mass is 32.2. The second-order valence-corrected chi connectivity index (χ2v) is 10.8. The average molecular weight is 397 g/mol. The van der Waals surface area contributed by atoms with Gasteiger partial charge in [-0.25, -0.2) is 0 Å². The number of thioether (sulfide) groups is 1. The lowest BCUT2D eigenvalue weighted by molar-refractivity contribution is 0.384. The van der Waals surface area contributed by atoms with Crippen molar-refractivity contribution in [2.75, 3.05) is 13.4 Å². The molecule has 1 fully saturated rings. The van der Waals surface area contributed by atoms with Crippen molar-refractivity contribution in [1.29, 1.82) is 0 Å². The fourth-order valence-corrected chi connectivity index (χ4v) is 5.62. The van der Waals surface area contributed by atoms with Crippen molar-refractivity contribution in [2.45, 2.75) is 82.4 Å². The monoisotopic (exact) mass is 396 g/mol. The highest BCUT2D eigenvalue weighted by Gasteiger charge is 2.34. The maximum absolute atomic E-state index is 6.08. The topological polar surface area (TPSA) is 9.23 Å². The van der Waals surface area contributed by atoms with E-state index < -0.39 is 0 Å². The maximum atomic E-state index is 6.08. The smallest absolute Gasteiger partial charge is 0.126 e. The third-order valence-electron chi connectivity index (χ3n) is 6.01. The molecule has 0 atom stereocenters. The SMILES string of the molecule is COc1c(CC(C)(C)c2c(C)cccc2SC)ccc(C2CC2)c1C(C)(C)C. The molecule has 0 N–H and O–H groups in total. The Morgan fingerprint density at radius 1 is 1.00 bits per heavy atom. The molecule has 1 aliphatic carbocycles. The van der Waals surface area contributed by atoms with Gasteiger partial charge in [-0.2, -0.15) is 0 Å². The number of rotatable bonds is 6. The molecule has 0 aromatic heterocycles. The van der Waals surface area contributed by atoms with Crippen LogP contribution in [0.25, 0.3) is 0 Å². The van der Waals surface area contributed by atoms with Crippen molar-refractivity contribution in [3.8, 4) is 5.75 Å². The van der Waals surface area contributed by atoms with E-state index in [9.17, 15) is 0 Å². The first-order valence-corrected chi connectivity index (χ1v) is 11.7. The molecule has 2 aromatic carbocycles. The Morgan fingerprint density at radius 2 is 1.68 bits per heavy atom. The van der Waals surface area contributed by atoms with Crippen molar-refractivity contribution in [1.82, 2.24) is 0 Å². The Bertz CT molecular complexity index is 853. The first kappa shape index (κ1) is 21.3. The van der Waals surface area contributed by atoms with Gasteiger partial charge >= 0.3 is 0 Å². The fraction of sp³-hybridized carbons (Fsp3) is 0.538. The molecule has 152 valence electrons. The van der Waals surface area contributed by atoms with Crippen molar-refractivity contribution in [2.24, 2.45) is 0 Å². The van der Waals surface area contributed by atoms with E-state index in [1.165, 1.54) is 45.6 Å². The highest BCUT2D eigenvalue weighted by molar-refractivity contribution is 7.98. The molecule has 0 radical (unpaired) electrons. The second-order valence-electron chi connectivity index (χ2n) is 9.96. The van der Waals surface area contributed by atoms with Gasteiger partial charge in [-0.15, -0.1) is 11.8 Å². The molecule has 0 spiro atoms. The van der Waals surface area contributed by atoms with Gasteiger partial charge in [0.25, 0.3) is 0 Å². The van der Waals surface area contributed by atoms with Gasteiger partial charge in [0.2, 0.25) is 0 Å². The van der Waals surface area contributed by atoms with Gasteiger partial charge in [0.15, 0.2) is 0 Å². The summed E-state index contributed by atoms with van der Waals surface area (Å²) in [5.41, 5.74) is 7.21. The van der Waals surface area contributed by atoms with E-state index in [0.717, 1.165) is 18.1 Å². The van der Waals surface area contributed by atoms with Crippen LogP contribution < -0.4 is 4.74 Å². The molecule has 2 heteroatoms. The van der Waals surface area contributed by atoms with Crippen LogP contribution in [0.15, 0.2) is 35.2 Å². The average Bonchev–Trinajstić information content (AvgIpc) is 3.44. The maximum Gasteiger partial charge on any atom is 0.126 e. The van der Waals surface area contributed by atoms with Gasteiger partial charge in [0.05, 0.1) is 7.11 Å². The predicted molar refractivity (Wildman–Crippen MR) is 123 cm³/mol. The summed E-state index contributed by atoms with van der Waals surface area (Å²) in [6.45, 7) is 13.9. The molecule has 0 heterocycles. The van der Waals surface area contributed by atoms with Gasteiger partial charge in [-0.1, -0.05) is 58.9 Å². The quantitative estimate of drug-likeness (QED) is 0.470. The molecular weight excluding hydrogens is 360 g/mol. The summed E-state index contributed by atoms with van der Waals surface area (Å²) in [6.07, 6.45) is 5.79. The number of benzene rings is 2. The van der Waals surface area contributed by atoms with Gasteiger partial charge in [-0.3, -0.25) is 0 Å². The Kier molecular flexibility index (Phi) is 5.92. The molecule has 2 aromatic rings. The summed E-state index contributed by atoms with van der Waals surface area (Å²) < 4.78 is 6.08. The Labute approximate surface area is 176 Å². The third kappa shape index (κ3) is 4.13. The molecular formula is C26H36OS. The van der Waals surface area contributed by atoms with E-state index in [-0.39, 0.29) is 10.8 Å². The number of methoxy groups -OCH3 is 1. The minimum Gasteiger partial charge on any atom is -0.496 e. The van der Waals surface area contributed by atoms with Crippen LogP contribution in [0.5, 0.6) is 5.75 Å². The molecule has 0 unspecified atom stereocenters. The summed E-state index contributed by atoms with van der Waals surface area (Å²) >= 11 is 1.85. The van der Waals surface area contributed by atoms with Crippen LogP contribution >= 0.6 is 11.8 Å². The van der Waals surface area contributed by atoms with Gasteiger partial charge in [0, 0.05) is 10.5 Å². The number of ether oxygens (including phenoxy) is 1. The normalized spacial score (nSPS) is 15.0. The van der Waals surface area contributed by atoms with Crippen LogP contribution in [0, 0.1) is 6.92 Å². The van der Waals surface area contributed by atoms with E-state index >= 15 is 0 Å². The Hall–Kier alpha value is -1.41. The third-order valence-corrected chi connectivity index (χ3v) is 6.79. The van der Waals surface area contributed by atoms with Crippen LogP contribution in [0.4, 0.5) is 0 Å². The lowest BCUT2D eigenvalue weighted by atomic mass is 9.74. The lowest BCUT2D eigenvalue weighted by Crippen LogP contribution is -2.24. The largest absolute Gasteiger partial charge is 0.496 e. The molecule has 1 aliphatic rings. The minimum atomic E-state index is 0.0349. The molecule has 0 amide bonds. The van der Waals surface area contributed by atoms with Gasteiger partial charge in [-0.05, 0) is 77.5 Å². The Balaban J connectivity index is 2.10. The number of aryl methyl sites for hydroxylation is 1. The molecule has 1 nitrogen and oxygen atoms in total. The zero-order valence-corrected chi connectivity index (χ0v) is 19.7. The van der Waals surface area contributed by atoms with E-state index in [4.69, 9.17) is 4.74 Å². The van der Waals surface area contributed by atoms with Gasteiger partial charge < -0.3 is 4.74 Å². The summed E-state index contributed by atoms with van der Waals surface area (Å²) in [4.78, 5) is 1.38. The molecule has 0 bridgehead atoms. The van der Waals surface area contributed by atoms with Crippen LogP contribution in [0.1, 0.15) is 81.2 Å². The zero-order chi connectivity index (χ0) is 20.7. The Morgan fingerprint density at radius 3 is 2.21 bits per heavy atom. The minimum absolute atomic E-state index is 0.0349. The van der Waals surface area contributed by atoms with E-state index in [0.29, 0.717) is 0 Å². The zero-order valence-electron chi connectivity index (χ0n) is 18.9. The first-order valence-electron chi connectivity index (χ1n) is 10.4. The first-order chi connectivity index (χ1) is 13.1. The van der Waals surface area contributed by atoms with Crippen LogP contribution in [0.3, 0.4) is 0 Å². The molecule has 28 heavy (non-hydrogen) atoms. The van der Waals surface area contributed by atoms with Crippen molar-refractivity contribution in [3.63, 3.8) is 0 Å². The lowest BCUT2D eigenvalue weighted by Gasteiger charge is -2.32. The highest BCUT2D eigenvalue weighted by Crippen LogP contribution is 2.49. The molecule has 0 aliphatic heterocycles. The van der Waals surface area contributed by atoms with Crippen LogP contribution in [0.2, 0.25) is 0 Å².